The van der Waals surface area contributed by atoms with Gasteiger partial charge in [-0.1, -0.05) is 47.5 Å². The Labute approximate surface area is 134 Å². The van der Waals surface area contributed by atoms with E-state index in [1.54, 1.807) is 0 Å². The predicted molar refractivity (Wildman–Crippen MR) is 94.8 cm³/mol. The van der Waals surface area contributed by atoms with Crippen LogP contribution in [0.3, 0.4) is 0 Å². The summed E-state index contributed by atoms with van der Waals surface area (Å²) >= 11 is 0. The molecule has 0 aliphatic heterocycles. The average molecular weight is 297 g/mol. The number of likely N-dealkylation sites (N-methyl/N-ethyl adjacent to an activating group) is 1. The molecule has 0 radical (unpaired) electrons. The molecule has 0 saturated heterocycles. The highest BCUT2D eigenvalue weighted by atomic mass is 15.2. The fourth-order valence-corrected chi connectivity index (χ4v) is 3.84. The van der Waals surface area contributed by atoms with Crippen molar-refractivity contribution in [3.05, 3.63) is 0 Å². The SMILES string of the molecule is CCCCN(CCCC)C1CC(C(C)(C)C)CCC1NC. The van der Waals surface area contributed by atoms with E-state index in [4.69, 9.17) is 0 Å². The second-order valence-corrected chi connectivity index (χ2v) is 8.08. The fraction of sp³-hybridized carbons (Fsp3) is 1.00. The molecule has 1 N–H and O–H groups in total. The minimum Gasteiger partial charge on any atom is -0.315 e. The Morgan fingerprint density at radius 3 is 2.00 bits per heavy atom. The molecule has 2 heteroatoms. The summed E-state index contributed by atoms with van der Waals surface area (Å²) < 4.78 is 0. The number of hydrogen-bond acceptors (Lipinski definition) is 2. The monoisotopic (exact) mass is 296 g/mol. The third-order valence-electron chi connectivity index (χ3n) is 5.48. The van der Waals surface area contributed by atoms with Gasteiger partial charge in [0.15, 0.2) is 0 Å². The van der Waals surface area contributed by atoms with Crippen molar-refractivity contribution in [3.8, 4) is 0 Å². The molecule has 0 aromatic carbocycles. The van der Waals surface area contributed by atoms with Crippen LogP contribution in [0.2, 0.25) is 0 Å². The van der Waals surface area contributed by atoms with Crippen molar-refractivity contribution in [2.75, 3.05) is 20.1 Å². The minimum atomic E-state index is 0.456. The van der Waals surface area contributed by atoms with Gasteiger partial charge in [-0.2, -0.15) is 0 Å². The normalized spacial score (nSPS) is 27.3. The van der Waals surface area contributed by atoms with E-state index in [0.29, 0.717) is 11.5 Å². The zero-order valence-electron chi connectivity index (χ0n) is 15.5. The number of nitrogens with one attached hydrogen (secondary N) is 1. The lowest BCUT2D eigenvalue weighted by molar-refractivity contribution is 0.0584. The van der Waals surface area contributed by atoms with Crippen molar-refractivity contribution in [1.29, 1.82) is 0 Å². The first-order valence-electron chi connectivity index (χ1n) is 9.35. The largest absolute Gasteiger partial charge is 0.315 e. The van der Waals surface area contributed by atoms with Gasteiger partial charge in [0.2, 0.25) is 0 Å². The van der Waals surface area contributed by atoms with E-state index in [1.807, 2.05) is 0 Å². The van der Waals surface area contributed by atoms with Crippen molar-refractivity contribution in [1.82, 2.24) is 10.2 Å². The first-order chi connectivity index (χ1) is 9.93. The third-order valence-corrected chi connectivity index (χ3v) is 5.48. The van der Waals surface area contributed by atoms with Gasteiger partial charge in [0.25, 0.3) is 0 Å². The lowest BCUT2D eigenvalue weighted by atomic mass is 9.69. The maximum Gasteiger partial charge on any atom is 0.0252 e. The third kappa shape index (κ3) is 5.90. The van der Waals surface area contributed by atoms with E-state index in [9.17, 15) is 0 Å². The number of hydrogen-bond donors (Lipinski definition) is 1. The first-order valence-corrected chi connectivity index (χ1v) is 9.35. The van der Waals surface area contributed by atoms with Gasteiger partial charge in [-0.15, -0.1) is 0 Å². The maximum atomic E-state index is 3.62. The molecule has 1 aliphatic carbocycles. The summed E-state index contributed by atoms with van der Waals surface area (Å²) in [5, 5.41) is 3.62. The lowest BCUT2D eigenvalue weighted by Crippen LogP contribution is -2.54. The summed E-state index contributed by atoms with van der Waals surface area (Å²) in [7, 11) is 2.16. The van der Waals surface area contributed by atoms with Gasteiger partial charge in [-0.3, -0.25) is 4.90 Å². The molecule has 0 heterocycles. The summed E-state index contributed by atoms with van der Waals surface area (Å²) in [5.74, 6) is 0.873. The molecule has 0 amide bonds. The zero-order chi connectivity index (χ0) is 15.9. The van der Waals surface area contributed by atoms with Crippen molar-refractivity contribution in [2.24, 2.45) is 11.3 Å². The van der Waals surface area contributed by atoms with E-state index in [2.05, 4.69) is 51.9 Å². The molecule has 1 fully saturated rings. The molecule has 0 aromatic rings. The number of nitrogens with zero attached hydrogens (tertiary/aromatic N) is 1. The van der Waals surface area contributed by atoms with Crippen molar-refractivity contribution in [2.45, 2.75) is 91.6 Å². The summed E-state index contributed by atoms with van der Waals surface area (Å²) in [5.41, 5.74) is 0.456. The predicted octanol–water partition coefficient (Wildman–Crippen LogP) is 4.69. The molecule has 3 unspecified atom stereocenters. The Morgan fingerprint density at radius 2 is 1.57 bits per heavy atom. The molecule has 0 spiro atoms. The van der Waals surface area contributed by atoms with E-state index in [-0.39, 0.29) is 0 Å². The van der Waals surface area contributed by atoms with Crippen LogP contribution in [0, 0.1) is 11.3 Å². The Bertz CT molecular complexity index is 261. The molecule has 0 aromatic heterocycles. The topological polar surface area (TPSA) is 15.3 Å². The van der Waals surface area contributed by atoms with Gasteiger partial charge in [-0.25, -0.2) is 0 Å². The van der Waals surface area contributed by atoms with Gasteiger partial charge in [0.1, 0.15) is 0 Å². The molecular weight excluding hydrogens is 256 g/mol. The van der Waals surface area contributed by atoms with Crippen molar-refractivity contribution in [3.63, 3.8) is 0 Å². The summed E-state index contributed by atoms with van der Waals surface area (Å²) in [6, 6.07) is 1.43. The van der Waals surface area contributed by atoms with Crippen LogP contribution in [-0.2, 0) is 0 Å². The quantitative estimate of drug-likeness (QED) is 0.699. The Balaban J connectivity index is 2.77. The first kappa shape index (κ1) is 19.0. The van der Waals surface area contributed by atoms with Gasteiger partial charge in [0, 0.05) is 12.1 Å². The van der Waals surface area contributed by atoms with Crippen LogP contribution in [0.15, 0.2) is 0 Å². The molecule has 0 bridgehead atoms. The van der Waals surface area contributed by atoms with Gasteiger partial charge < -0.3 is 5.32 Å². The molecule has 3 atom stereocenters. The average Bonchev–Trinajstić information content (AvgIpc) is 2.46. The van der Waals surface area contributed by atoms with Crippen molar-refractivity contribution < 1.29 is 0 Å². The molecule has 1 saturated carbocycles. The summed E-state index contributed by atoms with van der Waals surface area (Å²) in [6.07, 6.45) is 9.42. The standard InChI is InChI=1S/C19H40N2/c1-7-9-13-21(14-10-8-2)18-15-16(19(3,4)5)11-12-17(18)20-6/h16-18,20H,7-15H2,1-6H3. The molecule has 1 rings (SSSR count). The van der Waals surface area contributed by atoms with Crippen molar-refractivity contribution >= 4 is 0 Å². The molecular formula is C19H40N2. The zero-order valence-corrected chi connectivity index (χ0v) is 15.5. The van der Waals surface area contributed by atoms with E-state index >= 15 is 0 Å². The lowest BCUT2D eigenvalue weighted by Gasteiger charge is -2.46. The molecule has 126 valence electrons. The van der Waals surface area contributed by atoms with E-state index < -0.39 is 0 Å². The second-order valence-electron chi connectivity index (χ2n) is 8.08. The highest BCUT2D eigenvalue weighted by molar-refractivity contribution is 4.93. The van der Waals surface area contributed by atoms with Crippen LogP contribution < -0.4 is 5.32 Å². The highest BCUT2D eigenvalue weighted by Gasteiger charge is 2.37. The van der Waals surface area contributed by atoms with Gasteiger partial charge in [-0.05, 0) is 63.6 Å². The second kappa shape index (κ2) is 9.15. The summed E-state index contributed by atoms with van der Waals surface area (Å²) in [6.45, 7) is 14.5. The Kier molecular flexibility index (Phi) is 8.26. The highest BCUT2D eigenvalue weighted by Crippen LogP contribution is 2.39. The van der Waals surface area contributed by atoms with Gasteiger partial charge in [0.05, 0.1) is 0 Å². The van der Waals surface area contributed by atoms with Crippen LogP contribution in [0.5, 0.6) is 0 Å². The molecule has 21 heavy (non-hydrogen) atoms. The van der Waals surface area contributed by atoms with Crippen LogP contribution in [0.4, 0.5) is 0 Å². The number of rotatable bonds is 8. The van der Waals surface area contributed by atoms with E-state index in [0.717, 1.165) is 12.0 Å². The van der Waals surface area contributed by atoms with E-state index in [1.165, 1.54) is 58.0 Å². The molecule has 2 nitrogen and oxygen atoms in total. The Morgan fingerprint density at radius 1 is 1.00 bits per heavy atom. The maximum absolute atomic E-state index is 3.62. The molecule has 1 aliphatic rings. The van der Waals surface area contributed by atoms with Crippen LogP contribution in [0.1, 0.15) is 79.6 Å². The van der Waals surface area contributed by atoms with Crippen LogP contribution in [-0.4, -0.2) is 37.1 Å². The summed E-state index contributed by atoms with van der Waals surface area (Å²) in [4.78, 5) is 2.81. The fourth-order valence-electron chi connectivity index (χ4n) is 3.84. The number of unbranched alkanes of at least 4 members (excludes halogenated alkanes) is 2. The Hall–Kier alpha value is -0.0800. The smallest absolute Gasteiger partial charge is 0.0252 e. The van der Waals surface area contributed by atoms with Crippen LogP contribution in [0.25, 0.3) is 0 Å². The minimum absolute atomic E-state index is 0.456. The van der Waals surface area contributed by atoms with Crippen LogP contribution >= 0.6 is 0 Å². The van der Waals surface area contributed by atoms with Gasteiger partial charge >= 0.3 is 0 Å².